The van der Waals surface area contributed by atoms with Crippen molar-refractivity contribution in [1.82, 2.24) is 0 Å². The Labute approximate surface area is 146 Å². The highest BCUT2D eigenvalue weighted by atomic mass is 16.6. The van der Waals surface area contributed by atoms with Gasteiger partial charge in [-0.3, -0.25) is 0 Å². The highest BCUT2D eigenvalue weighted by Crippen LogP contribution is 2.42. The molecule has 2 aromatic carbocycles. The van der Waals surface area contributed by atoms with Gasteiger partial charge in [-0.15, -0.1) is 0 Å². The van der Waals surface area contributed by atoms with Gasteiger partial charge in [-0.1, -0.05) is 37.4 Å². The van der Waals surface area contributed by atoms with E-state index in [1.807, 2.05) is 0 Å². The van der Waals surface area contributed by atoms with E-state index in [2.05, 4.69) is 13.2 Å². The van der Waals surface area contributed by atoms with E-state index in [1.54, 1.807) is 45.0 Å². The topological polar surface area (TPSA) is 61.8 Å². The molecular weight excluding hydrogens is 320 g/mol. The van der Waals surface area contributed by atoms with Gasteiger partial charge in [0.05, 0.1) is 6.61 Å². The van der Waals surface area contributed by atoms with Crippen molar-refractivity contribution in [2.45, 2.75) is 20.8 Å². The maximum Gasteiger partial charge on any atom is 0.338 e. The quantitative estimate of drug-likeness (QED) is 0.448. The Morgan fingerprint density at radius 2 is 1.48 bits per heavy atom. The molecule has 0 unspecified atom stereocenters. The van der Waals surface area contributed by atoms with E-state index >= 15 is 0 Å². The zero-order chi connectivity index (χ0) is 18.6. The number of hydrogen-bond donors (Lipinski definition) is 0. The summed E-state index contributed by atoms with van der Waals surface area (Å²) in [7, 11) is 0. The summed E-state index contributed by atoms with van der Waals surface area (Å²) in [5, 5.41) is 1.21. The number of ether oxygens (including phenoxy) is 3. The van der Waals surface area contributed by atoms with E-state index in [0.717, 1.165) is 0 Å². The lowest BCUT2D eigenvalue weighted by Crippen LogP contribution is -2.12. The Bertz CT molecular complexity index is 864. The van der Waals surface area contributed by atoms with Crippen LogP contribution in [0.3, 0.4) is 0 Å². The number of fused-ring (bicyclic) bond motifs is 1. The van der Waals surface area contributed by atoms with Crippen LogP contribution in [0.2, 0.25) is 0 Å². The van der Waals surface area contributed by atoms with Gasteiger partial charge in [0.15, 0.2) is 11.5 Å². The molecule has 0 atom stereocenters. The molecule has 0 aliphatic carbocycles. The smallest absolute Gasteiger partial charge is 0.338 e. The van der Waals surface area contributed by atoms with Crippen LogP contribution in [0.15, 0.2) is 54.6 Å². The van der Waals surface area contributed by atoms with Gasteiger partial charge in [0.2, 0.25) is 0 Å². The first-order chi connectivity index (χ1) is 11.8. The standard InChI is InChI=1S/C20H20O5/c1-6-23-17-11-16(24-19(21)12(2)3)14-9-7-8-10-15(14)18(17)25-20(22)13(4)5/h7-11H,2,4,6H2,1,3,5H3. The molecule has 130 valence electrons. The van der Waals surface area contributed by atoms with Crippen LogP contribution >= 0.6 is 0 Å². The molecule has 0 N–H and O–H groups in total. The minimum atomic E-state index is -0.558. The van der Waals surface area contributed by atoms with Gasteiger partial charge >= 0.3 is 11.9 Å². The van der Waals surface area contributed by atoms with Crippen LogP contribution in [0.4, 0.5) is 0 Å². The van der Waals surface area contributed by atoms with E-state index in [0.29, 0.717) is 28.9 Å². The van der Waals surface area contributed by atoms with E-state index in [-0.39, 0.29) is 16.9 Å². The third-order valence-electron chi connectivity index (χ3n) is 3.32. The van der Waals surface area contributed by atoms with E-state index in [9.17, 15) is 9.59 Å². The maximum absolute atomic E-state index is 12.0. The number of carbonyl (C=O) groups excluding carboxylic acids is 2. The van der Waals surface area contributed by atoms with Crippen LogP contribution in [0.1, 0.15) is 20.8 Å². The Morgan fingerprint density at radius 3 is 2.04 bits per heavy atom. The van der Waals surface area contributed by atoms with Crippen molar-refractivity contribution in [1.29, 1.82) is 0 Å². The van der Waals surface area contributed by atoms with Gasteiger partial charge in [-0.05, 0) is 20.8 Å². The van der Waals surface area contributed by atoms with Crippen LogP contribution in [-0.4, -0.2) is 18.5 Å². The van der Waals surface area contributed by atoms with Crippen LogP contribution < -0.4 is 14.2 Å². The molecule has 0 amide bonds. The Morgan fingerprint density at radius 1 is 0.920 bits per heavy atom. The van der Waals surface area contributed by atoms with Crippen LogP contribution in [0.5, 0.6) is 17.2 Å². The number of hydrogen-bond acceptors (Lipinski definition) is 5. The summed E-state index contributed by atoms with van der Waals surface area (Å²) in [5.74, 6) is -0.222. The lowest BCUT2D eigenvalue weighted by Gasteiger charge is -2.16. The molecule has 0 spiro atoms. The predicted molar refractivity (Wildman–Crippen MR) is 96.0 cm³/mol. The van der Waals surface area contributed by atoms with Crippen molar-refractivity contribution < 1.29 is 23.8 Å². The fourth-order valence-electron chi connectivity index (χ4n) is 2.11. The third-order valence-corrected chi connectivity index (χ3v) is 3.32. The second kappa shape index (κ2) is 7.66. The van der Waals surface area contributed by atoms with Gasteiger partial charge in [0, 0.05) is 28.0 Å². The molecule has 2 aromatic rings. The fourth-order valence-corrected chi connectivity index (χ4v) is 2.11. The van der Waals surface area contributed by atoms with E-state index < -0.39 is 11.9 Å². The number of rotatable bonds is 6. The summed E-state index contributed by atoms with van der Waals surface area (Å²) in [5.41, 5.74) is 0.546. The Balaban J connectivity index is 2.65. The molecule has 25 heavy (non-hydrogen) atoms. The third kappa shape index (κ3) is 4.07. The first-order valence-corrected chi connectivity index (χ1v) is 7.79. The lowest BCUT2D eigenvalue weighted by atomic mass is 10.1. The second-order valence-corrected chi connectivity index (χ2v) is 5.52. The first kappa shape index (κ1) is 18.3. The average molecular weight is 340 g/mol. The molecule has 0 aliphatic rings. The van der Waals surface area contributed by atoms with Crippen molar-refractivity contribution in [3.63, 3.8) is 0 Å². The fraction of sp³-hybridized carbons (Fsp3) is 0.200. The highest BCUT2D eigenvalue weighted by Gasteiger charge is 2.20. The minimum absolute atomic E-state index is 0.264. The van der Waals surface area contributed by atoms with Crippen molar-refractivity contribution in [2.24, 2.45) is 0 Å². The second-order valence-electron chi connectivity index (χ2n) is 5.52. The van der Waals surface area contributed by atoms with Crippen molar-refractivity contribution >= 4 is 22.7 Å². The molecular formula is C20H20O5. The van der Waals surface area contributed by atoms with E-state index in [1.165, 1.54) is 6.07 Å². The van der Waals surface area contributed by atoms with Gasteiger partial charge in [0.1, 0.15) is 5.75 Å². The maximum atomic E-state index is 12.0. The Kier molecular flexibility index (Phi) is 5.60. The minimum Gasteiger partial charge on any atom is -0.490 e. The van der Waals surface area contributed by atoms with Gasteiger partial charge in [-0.25, -0.2) is 9.59 Å². The molecule has 5 nitrogen and oxygen atoms in total. The molecule has 0 bridgehead atoms. The molecule has 0 aliphatic heterocycles. The van der Waals surface area contributed by atoms with Crippen LogP contribution in [0, 0.1) is 0 Å². The summed E-state index contributed by atoms with van der Waals surface area (Å²) < 4.78 is 16.5. The molecule has 0 saturated carbocycles. The summed E-state index contributed by atoms with van der Waals surface area (Å²) in [6.07, 6.45) is 0. The number of benzene rings is 2. The monoisotopic (exact) mass is 340 g/mol. The lowest BCUT2D eigenvalue weighted by molar-refractivity contribution is -0.131. The van der Waals surface area contributed by atoms with Crippen LogP contribution in [-0.2, 0) is 9.59 Å². The summed E-state index contributed by atoms with van der Waals surface area (Å²) in [6.45, 7) is 12.5. The van der Waals surface area contributed by atoms with Crippen molar-refractivity contribution in [3.05, 3.63) is 54.6 Å². The first-order valence-electron chi connectivity index (χ1n) is 7.79. The van der Waals surface area contributed by atoms with Gasteiger partial charge < -0.3 is 14.2 Å². The van der Waals surface area contributed by atoms with Gasteiger partial charge in [-0.2, -0.15) is 0 Å². The van der Waals surface area contributed by atoms with E-state index in [4.69, 9.17) is 14.2 Å². The zero-order valence-electron chi connectivity index (χ0n) is 14.5. The molecule has 0 heterocycles. The molecule has 2 rings (SSSR count). The summed E-state index contributed by atoms with van der Waals surface area (Å²) in [6, 6.07) is 8.65. The largest absolute Gasteiger partial charge is 0.490 e. The molecule has 0 fully saturated rings. The summed E-state index contributed by atoms with van der Waals surface area (Å²) in [4.78, 5) is 23.9. The summed E-state index contributed by atoms with van der Waals surface area (Å²) >= 11 is 0. The SMILES string of the molecule is C=C(C)C(=O)Oc1cc(OCC)c(OC(=O)C(=C)C)c2ccccc12. The zero-order valence-corrected chi connectivity index (χ0v) is 14.5. The Hall–Kier alpha value is -3.08. The highest BCUT2D eigenvalue weighted by molar-refractivity contribution is 6.01. The van der Waals surface area contributed by atoms with Crippen molar-refractivity contribution in [2.75, 3.05) is 6.61 Å². The average Bonchev–Trinajstić information content (AvgIpc) is 2.57. The number of esters is 2. The predicted octanol–water partition coefficient (Wildman–Crippen LogP) is 4.20. The molecule has 0 saturated heterocycles. The molecule has 5 heteroatoms. The van der Waals surface area contributed by atoms with Crippen LogP contribution in [0.25, 0.3) is 10.8 Å². The molecule has 0 aromatic heterocycles. The normalized spacial score (nSPS) is 10.2. The van der Waals surface area contributed by atoms with Gasteiger partial charge in [0.25, 0.3) is 0 Å². The van der Waals surface area contributed by atoms with Crippen molar-refractivity contribution in [3.8, 4) is 17.2 Å². The molecule has 0 radical (unpaired) electrons. The number of carbonyl (C=O) groups is 2.